The lowest BCUT2D eigenvalue weighted by atomic mass is 9.92. The van der Waals surface area contributed by atoms with Crippen molar-refractivity contribution in [1.29, 1.82) is 5.26 Å². The molecule has 7 heteroatoms. The van der Waals surface area contributed by atoms with Crippen LogP contribution in [0.2, 0.25) is 0 Å². The molecule has 0 amide bonds. The van der Waals surface area contributed by atoms with Gasteiger partial charge in [0.25, 0.3) is 5.56 Å². The lowest BCUT2D eigenvalue weighted by Crippen LogP contribution is -2.44. The molecule has 0 saturated carbocycles. The smallest absolute Gasteiger partial charge is 0.268 e. The topological polar surface area (TPSA) is 96.1 Å². The van der Waals surface area contributed by atoms with Gasteiger partial charge in [-0.25, -0.2) is 0 Å². The third-order valence-corrected chi connectivity index (χ3v) is 4.95. The number of anilines is 1. The van der Waals surface area contributed by atoms with Gasteiger partial charge < -0.3 is 19.8 Å². The highest BCUT2D eigenvalue weighted by atomic mass is 16.5. The van der Waals surface area contributed by atoms with Crippen molar-refractivity contribution in [2.75, 3.05) is 25.1 Å². The Morgan fingerprint density at radius 3 is 2.71 bits per heavy atom. The molecule has 1 fully saturated rings. The van der Waals surface area contributed by atoms with Crippen molar-refractivity contribution < 1.29 is 9.47 Å². The standard InChI is InChI=1S/C17H20N4O3/c1-11-8-12-14(10-21(11)23)19-16(22)13(9-18)15(12)20-6-4-17(2,24-3)5-7-20/h8,10H,4-7H2,1-3H3,(H,19,22). The maximum absolute atomic E-state index is 12.3. The van der Waals surface area contributed by atoms with Crippen LogP contribution in [0.1, 0.15) is 31.0 Å². The van der Waals surface area contributed by atoms with Crippen LogP contribution in [0.15, 0.2) is 17.1 Å². The molecule has 0 bridgehead atoms. The van der Waals surface area contributed by atoms with E-state index in [4.69, 9.17) is 4.74 Å². The predicted octanol–water partition coefficient (Wildman–Crippen LogP) is 1.35. The van der Waals surface area contributed by atoms with Gasteiger partial charge >= 0.3 is 0 Å². The molecule has 126 valence electrons. The number of nitriles is 1. The second-order valence-electron chi connectivity index (χ2n) is 6.50. The molecule has 0 atom stereocenters. The maximum atomic E-state index is 12.3. The summed E-state index contributed by atoms with van der Waals surface area (Å²) >= 11 is 0. The summed E-state index contributed by atoms with van der Waals surface area (Å²) < 4.78 is 6.28. The lowest BCUT2D eigenvalue weighted by Gasteiger charge is -2.40. The van der Waals surface area contributed by atoms with Gasteiger partial charge in [-0.15, -0.1) is 0 Å². The molecule has 2 aromatic heterocycles. The Bertz CT molecular complexity index is 889. The van der Waals surface area contributed by atoms with E-state index in [0.29, 0.717) is 34.7 Å². The van der Waals surface area contributed by atoms with Gasteiger partial charge in [-0.05, 0) is 19.8 Å². The van der Waals surface area contributed by atoms with Gasteiger partial charge in [0, 0.05) is 38.6 Å². The highest BCUT2D eigenvalue weighted by Crippen LogP contribution is 2.33. The predicted molar refractivity (Wildman–Crippen MR) is 89.8 cm³/mol. The number of nitrogens with one attached hydrogen (secondary N) is 1. The number of hydrogen-bond donors (Lipinski definition) is 1. The SMILES string of the molecule is COC1(C)CCN(c2c(C#N)c(=O)[nH]c3c[n+]([O-])c(C)cc23)CC1. The number of methoxy groups -OCH3 is 1. The van der Waals surface area contributed by atoms with Gasteiger partial charge in [-0.3, -0.25) is 4.79 Å². The summed E-state index contributed by atoms with van der Waals surface area (Å²) in [6.07, 6.45) is 2.95. The van der Waals surface area contributed by atoms with E-state index in [1.54, 1.807) is 20.1 Å². The number of piperidine rings is 1. The minimum Gasteiger partial charge on any atom is -0.618 e. The Kier molecular flexibility index (Phi) is 3.93. The van der Waals surface area contributed by atoms with E-state index in [1.807, 2.05) is 11.0 Å². The number of rotatable bonds is 2. The third kappa shape index (κ3) is 2.59. The summed E-state index contributed by atoms with van der Waals surface area (Å²) in [6, 6.07) is 3.74. The average molecular weight is 328 g/mol. The Balaban J connectivity index is 2.17. The Hall–Kier alpha value is -2.59. The number of aryl methyl sites for hydroxylation is 1. The van der Waals surface area contributed by atoms with Crippen LogP contribution >= 0.6 is 0 Å². The Labute approximate surface area is 139 Å². The van der Waals surface area contributed by atoms with Crippen molar-refractivity contribution in [2.24, 2.45) is 0 Å². The molecule has 3 rings (SSSR count). The first-order valence-corrected chi connectivity index (χ1v) is 7.88. The quantitative estimate of drug-likeness (QED) is 0.663. The van der Waals surface area contributed by atoms with Crippen molar-refractivity contribution in [1.82, 2.24) is 4.98 Å². The van der Waals surface area contributed by atoms with Gasteiger partial charge in [0.2, 0.25) is 6.20 Å². The lowest BCUT2D eigenvalue weighted by molar-refractivity contribution is -0.610. The van der Waals surface area contributed by atoms with Crippen molar-refractivity contribution in [3.8, 4) is 6.07 Å². The van der Waals surface area contributed by atoms with Crippen molar-refractivity contribution >= 4 is 16.6 Å². The number of aromatic nitrogens is 2. The molecule has 0 unspecified atom stereocenters. The summed E-state index contributed by atoms with van der Waals surface area (Å²) in [5.41, 5.74) is 0.996. The van der Waals surface area contributed by atoms with Crippen LogP contribution in [0.5, 0.6) is 0 Å². The van der Waals surface area contributed by atoms with Crippen molar-refractivity contribution in [2.45, 2.75) is 32.3 Å². The van der Waals surface area contributed by atoms with E-state index in [0.717, 1.165) is 18.2 Å². The number of hydrogen-bond acceptors (Lipinski definition) is 5. The van der Waals surface area contributed by atoms with Crippen LogP contribution in [-0.2, 0) is 4.74 Å². The van der Waals surface area contributed by atoms with Gasteiger partial charge in [0.15, 0.2) is 5.69 Å². The highest BCUT2D eigenvalue weighted by molar-refractivity contribution is 5.93. The zero-order valence-corrected chi connectivity index (χ0v) is 14.0. The van der Waals surface area contributed by atoms with Crippen LogP contribution in [0.4, 0.5) is 5.69 Å². The number of ether oxygens (including phenoxy) is 1. The summed E-state index contributed by atoms with van der Waals surface area (Å²) in [5, 5.41) is 22.0. The van der Waals surface area contributed by atoms with Crippen LogP contribution < -0.4 is 15.2 Å². The van der Waals surface area contributed by atoms with Crippen LogP contribution in [0.3, 0.4) is 0 Å². The van der Waals surface area contributed by atoms with Crippen LogP contribution in [0.25, 0.3) is 10.9 Å². The molecule has 1 saturated heterocycles. The fraction of sp³-hybridized carbons (Fsp3) is 0.471. The molecule has 1 N–H and O–H groups in total. The van der Waals surface area contributed by atoms with E-state index >= 15 is 0 Å². The largest absolute Gasteiger partial charge is 0.618 e. The molecule has 0 aliphatic carbocycles. The van der Waals surface area contributed by atoms with E-state index < -0.39 is 5.56 Å². The molecule has 0 aromatic carbocycles. The first kappa shape index (κ1) is 16.3. The van der Waals surface area contributed by atoms with Crippen molar-refractivity contribution in [3.05, 3.63) is 39.1 Å². The van der Waals surface area contributed by atoms with E-state index in [-0.39, 0.29) is 11.2 Å². The molecule has 24 heavy (non-hydrogen) atoms. The van der Waals surface area contributed by atoms with Gasteiger partial charge in [-0.1, -0.05) is 0 Å². The second kappa shape index (κ2) is 5.80. The normalized spacial score (nSPS) is 17.0. The maximum Gasteiger partial charge on any atom is 0.268 e. The van der Waals surface area contributed by atoms with E-state index in [1.165, 1.54) is 6.20 Å². The van der Waals surface area contributed by atoms with Crippen LogP contribution in [-0.4, -0.2) is 30.8 Å². The minimum absolute atomic E-state index is 0.0894. The molecular weight excluding hydrogens is 308 g/mol. The average Bonchev–Trinajstić information content (AvgIpc) is 2.56. The fourth-order valence-electron chi connectivity index (χ4n) is 3.20. The van der Waals surface area contributed by atoms with Gasteiger partial charge in [-0.2, -0.15) is 9.99 Å². The monoisotopic (exact) mass is 328 g/mol. The summed E-state index contributed by atoms with van der Waals surface area (Å²) in [4.78, 5) is 16.9. The summed E-state index contributed by atoms with van der Waals surface area (Å²) in [5.74, 6) is 0. The fourth-order valence-corrected chi connectivity index (χ4v) is 3.20. The summed E-state index contributed by atoms with van der Waals surface area (Å²) in [7, 11) is 1.70. The highest BCUT2D eigenvalue weighted by Gasteiger charge is 2.32. The zero-order valence-electron chi connectivity index (χ0n) is 14.0. The number of nitrogens with zero attached hydrogens (tertiary/aromatic N) is 3. The second-order valence-corrected chi connectivity index (χ2v) is 6.50. The number of pyridine rings is 2. The number of aromatic amines is 1. The number of H-pyrrole nitrogens is 1. The molecule has 2 aromatic rings. The first-order valence-electron chi connectivity index (χ1n) is 7.88. The van der Waals surface area contributed by atoms with Crippen molar-refractivity contribution in [3.63, 3.8) is 0 Å². The summed E-state index contributed by atoms with van der Waals surface area (Å²) in [6.45, 7) is 5.13. The Morgan fingerprint density at radius 1 is 1.46 bits per heavy atom. The molecule has 7 nitrogen and oxygen atoms in total. The molecule has 0 spiro atoms. The third-order valence-electron chi connectivity index (χ3n) is 4.95. The first-order chi connectivity index (χ1) is 11.4. The molecule has 1 aliphatic rings. The molecule has 3 heterocycles. The Morgan fingerprint density at radius 2 is 2.12 bits per heavy atom. The van der Waals surface area contributed by atoms with Gasteiger partial charge in [0.05, 0.1) is 11.3 Å². The molecular formula is C17H20N4O3. The number of fused-ring (bicyclic) bond motifs is 1. The van der Waals surface area contributed by atoms with E-state index in [2.05, 4.69) is 11.9 Å². The molecule has 1 aliphatic heterocycles. The van der Waals surface area contributed by atoms with Crippen LogP contribution in [0, 0.1) is 23.5 Å². The zero-order chi connectivity index (χ0) is 17.5. The van der Waals surface area contributed by atoms with E-state index in [9.17, 15) is 15.3 Å². The minimum atomic E-state index is -0.469. The van der Waals surface area contributed by atoms with Gasteiger partial charge in [0.1, 0.15) is 17.1 Å². The molecule has 0 radical (unpaired) electrons.